The van der Waals surface area contributed by atoms with Crippen molar-refractivity contribution in [3.63, 3.8) is 0 Å². The topological polar surface area (TPSA) is 33.5 Å². The van der Waals surface area contributed by atoms with Crippen LogP contribution < -0.4 is 14.5 Å². The maximum absolute atomic E-state index is 9.39. The number of aromatic nitrogens is 2. The quantitative estimate of drug-likeness (QED) is 0.149. The van der Waals surface area contributed by atoms with Crippen LogP contribution in [-0.2, 0) is 31.9 Å². The van der Waals surface area contributed by atoms with E-state index in [2.05, 4.69) is 37.9 Å². The fourth-order valence-electron chi connectivity index (χ4n) is 7.38. The molecule has 6 heteroatoms. The first-order chi connectivity index (χ1) is 36.6. The van der Waals surface area contributed by atoms with E-state index < -0.39 is 108 Å². The minimum absolute atomic E-state index is 0. The van der Waals surface area contributed by atoms with Crippen molar-refractivity contribution in [1.29, 1.82) is 0 Å². The zero-order valence-corrected chi connectivity index (χ0v) is 36.7. The number of ether oxygens (including phenoxy) is 1. The molecule has 0 aliphatic carbocycles. The van der Waals surface area contributed by atoms with Gasteiger partial charge in [0, 0.05) is 75.2 Å². The summed E-state index contributed by atoms with van der Waals surface area (Å²) in [5.41, 5.74) is 2.28. The minimum Gasteiger partial charge on any atom is -0.509 e. The molecule has 2 aromatic heterocycles. The Bertz CT molecular complexity index is 4050. The van der Waals surface area contributed by atoms with Gasteiger partial charge in [0.1, 0.15) is 5.82 Å². The van der Waals surface area contributed by atoms with Crippen LogP contribution in [0.25, 0.3) is 49.9 Å². The molecule has 310 valence electrons. The monoisotopic (exact) mass is 1000 g/mol. The number of benzene rings is 7. The Labute approximate surface area is 403 Å². The van der Waals surface area contributed by atoms with E-state index in [1.165, 1.54) is 4.90 Å². The van der Waals surface area contributed by atoms with Crippen LogP contribution in [-0.4, -0.2) is 9.55 Å². The van der Waals surface area contributed by atoms with E-state index in [-0.39, 0.29) is 88.6 Å². The van der Waals surface area contributed by atoms with Crippen LogP contribution in [0.3, 0.4) is 0 Å². The third-order valence-corrected chi connectivity index (χ3v) is 10.4. The van der Waals surface area contributed by atoms with Gasteiger partial charge < -0.3 is 19.1 Å². The molecule has 0 saturated heterocycles. The van der Waals surface area contributed by atoms with Crippen LogP contribution in [0.2, 0.25) is 0 Å². The Morgan fingerprint density at radius 1 is 0.613 bits per heavy atom. The van der Waals surface area contributed by atoms with Gasteiger partial charge in [0.05, 0.1) is 16.4 Å². The molecule has 5 nitrogen and oxygen atoms in total. The number of pyridine rings is 1. The molecule has 0 N–H and O–H groups in total. The molecule has 0 spiro atoms. The van der Waals surface area contributed by atoms with Crippen molar-refractivity contribution in [1.82, 2.24) is 9.55 Å². The minimum atomic E-state index is -0.888. The van der Waals surface area contributed by atoms with Crippen LogP contribution in [0, 0.1) is 18.8 Å². The zero-order valence-electron chi connectivity index (χ0n) is 51.4. The Morgan fingerprint density at radius 3 is 2.08 bits per heavy atom. The molecule has 0 saturated carbocycles. The number of para-hydroxylation sites is 4. The van der Waals surface area contributed by atoms with Gasteiger partial charge in [0.25, 0.3) is 0 Å². The number of hydrogen-bond acceptors (Lipinski definition) is 4. The number of nitrogens with zero attached hydrogens (tertiary/aromatic N) is 4. The third kappa shape index (κ3) is 7.49. The number of hydrogen-bond donors (Lipinski definition) is 0. The summed E-state index contributed by atoms with van der Waals surface area (Å²) in [6, 6.07) is 17.5. The molecule has 7 aromatic carbocycles. The number of rotatable bonds is 7. The first-order valence-corrected chi connectivity index (χ1v) is 19.6. The van der Waals surface area contributed by atoms with Crippen LogP contribution in [0.4, 0.5) is 22.7 Å². The van der Waals surface area contributed by atoms with Gasteiger partial charge in [0.15, 0.2) is 0 Å². The van der Waals surface area contributed by atoms with E-state index in [9.17, 15) is 5.48 Å². The molecule has 0 amide bonds. The summed E-state index contributed by atoms with van der Waals surface area (Å²) in [6.45, 7) is 13.0. The Morgan fingerprint density at radius 2 is 1.31 bits per heavy atom. The largest absolute Gasteiger partial charge is 0.509 e. The van der Waals surface area contributed by atoms with E-state index in [1.54, 1.807) is 68.7 Å². The van der Waals surface area contributed by atoms with Crippen LogP contribution in [0.1, 0.15) is 76.0 Å². The normalized spacial score (nSPS) is 16.6. The second-order valence-corrected chi connectivity index (χ2v) is 16.6. The van der Waals surface area contributed by atoms with Gasteiger partial charge in [-0.2, -0.15) is 12.1 Å². The van der Waals surface area contributed by atoms with Crippen molar-refractivity contribution in [3.8, 4) is 39.6 Å². The van der Waals surface area contributed by atoms with Crippen molar-refractivity contribution in [2.24, 2.45) is 0 Å². The van der Waals surface area contributed by atoms with E-state index in [1.807, 2.05) is 30.3 Å². The van der Waals surface area contributed by atoms with Gasteiger partial charge in [-0.1, -0.05) is 150 Å². The van der Waals surface area contributed by atoms with E-state index in [0.717, 1.165) is 15.7 Å². The summed E-state index contributed by atoms with van der Waals surface area (Å²) in [5, 5.41) is -0.394. The predicted molar refractivity (Wildman–Crippen MR) is 252 cm³/mol. The van der Waals surface area contributed by atoms with Gasteiger partial charge in [-0.25, -0.2) is 4.98 Å². The van der Waals surface area contributed by atoms with Gasteiger partial charge in [0.2, 0.25) is 0 Å². The van der Waals surface area contributed by atoms with Crippen LogP contribution in [0.5, 0.6) is 11.5 Å². The average Bonchev–Trinajstić information content (AvgIpc) is 4.21. The van der Waals surface area contributed by atoms with Crippen molar-refractivity contribution in [3.05, 3.63) is 200 Å². The Kier molecular flexibility index (Phi) is 6.63. The van der Waals surface area contributed by atoms with Gasteiger partial charge in [-0.05, 0) is 72.8 Å². The summed E-state index contributed by atoms with van der Waals surface area (Å²) in [5.74, 6) is -1.35. The molecule has 0 bridgehead atoms. The van der Waals surface area contributed by atoms with Gasteiger partial charge in [-0.15, -0.1) is 48.0 Å². The van der Waals surface area contributed by atoms with E-state index >= 15 is 0 Å². The zero-order chi connectivity index (χ0) is 56.7. The summed E-state index contributed by atoms with van der Waals surface area (Å²) >= 11 is 0. The molecular formula is C56H47N4OPt-3. The molecule has 10 rings (SSSR count). The molecular weight excluding hydrogens is 940 g/mol. The average molecular weight is 1000 g/mol. The SMILES string of the molecule is [2H]c1nc(-n2c3[c-]c(Oc4[c-]c(N5[CH-]N(c6c(-c7cccc(C(C)(C)C)c7)cccc6-c6c([2H])c([2H])c([2H])c([2H])c6[2H])c6ccccc65)c([2H])c([2H])c4[2H])c([2H])c([2H])c3c3c([2H])c([2H])c([2H])c([2H])c32)c([2H])c(C(C)(C)C)c1[2H].[Pt]. The standard InChI is InChI=1S/C56H47N4O.Pt/c1-55(2,3)40-20-14-19-39(33-40)46-25-16-24-45(38-17-8-7-9-18-38)54(46)59-37-58(50-27-12-13-28-51(50)59)42-21-15-22-43(35-42)61-44-29-30-48-47-23-10-11-26-49(47)60(52(48)36-44)53-34-41(31-32-57-53)56(4,5)6;/h7-34,37H,1-6H3;/q-3;/i7D,8D,9D,10D,11D,15D,17D,18D,21D,22D,23D,26D,29D,30D,31D,32D,34D;. The van der Waals surface area contributed by atoms with E-state index in [0.29, 0.717) is 22.6 Å². The maximum Gasteiger partial charge on any atom is 0.135 e. The molecule has 1 aliphatic heterocycles. The smallest absolute Gasteiger partial charge is 0.135 e. The molecule has 1 aliphatic rings. The van der Waals surface area contributed by atoms with Crippen molar-refractivity contribution >= 4 is 44.6 Å². The summed E-state index contributed by atoms with van der Waals surface area (Å²) in [6.07, 6.45) is -0.539. The first-order valence-electron chi connectivity index (χ1n) is 28.1. The fraction of sp³-hybridized carbons (Fsp3) is 0.143. The van der Waals surface area contributed by atoms with E-state index in [4.69, 9.17) is 22.6 Å². The molecule has 62 heavy (non-hydrogen) atoms. The fourth-order valence-corrected chi connectivity index (χ4v) is 7.38. The Hall–Kier alpha value is -6.42. The van der Waals surface area contributed by atoms with Gasteiger partial charge in [-0.3, -0.25) is 0 Å². The van der Waals surface area contributed by atoms with Crippen molar-refractivity contribution < 1.29 is 49.1 Å². The van der Waals surface area contributed by atoms with Crippen molar-refractivity contribution in [2.45, 2.75) is 52.4 Å². The summed E-state index contributed by atoms with van der Waals surface area (Å²) in [7, 11) is 0. The molecule has 0 fully saturated rings. The second-order valence-electron chi connectivity index (χ2n) is 16.6. The van der Waals surface area contributed by atoms with Crippen LogP contribution in [0.15, 0.2) is 170 Å². The molecule has 9 aromatic rings. The predicted octanol–water partition coefficient (Wildman–Crippen LogP) is 14.9. The number of anilines is 4. The third-order valence-electron chi connectivity index (χ3n) is 10.4. The Balaban J connectivity index is 0.00000757. The second kappa shape index (κ2) is 16.1. The number of fused-ring (bicyclic) bond motifs is 4. The van der Waals surface area contributed by atoms with Crippen molar-refractivity contribution in [2.75, 3.05) is 9.80 Å². The molecule has 3 heterocycles. The molecule has 0 radical (unpaired) electrons. The summed E-state index contributed by atoms with van der Waals surface area (Å²) in [4.78, 5) is 7.58. The molecule has 0 unspecified atom stereocenters. The molecule has 0 atom stereocenters. The van der Waals surface area contributed by atoms with Gasteiger partial charge >= 0.3 is 0 Å². The summed E-state index contributed by atoms with van der Waals surface area (Å²) < 4.78 is 160. The van der Waals surface area contributed by atoms with Crippen LogP contribution >= 0.6 is 0 Å². The maximum atomic E-state index is 9.39. The first kappa shape index (κ1) is 25.5.